The number of halogens is 1. The van der Waals surface area contributed by atoms with Crippen LogP contribution in [0, 0.1) is 0 Å². The third kappa shape index (κ3) is 7.59. The highest BCUT2D eigenvalue weighted by Gasteiger charge is 2.05. The number of para-hydroxylation sites is 1. The largest absolute Gasteiger partial charge is 0.489 e. The van der Waals surface area contributed by atoms with E-state index in [0.29, 0.717) is 31.2 Å². The van der Waals surface area contributed by atoms with Gasteiger partial charge in [-0.25, -0.2) is 4.99 Å². The molecule has 1 amide bonds. The van der Waals surface area contributed by atoms with Gasteiger partial charge in [0.25, 0.3) is 0 Å². The Labute approximate surface area is 183 Å². The SMILES string of the molecule is C=CCOc1ccccc1CNC(=NCc1cccc(C(N)=O)c1)NCC.I. The molecule has 0 radical (unpaired) electrons. The number of guanidine groups is 1. The Morgan fingerprint density at radius 3 is 2.71 bits per heavy atom. The van der Waals surface area contributed by atoms with Crippen molar-refractivity contribution in [1.29, 1.82) is 0 Å². The van der Waals surface area contributed by atoms with Gasteiger partial charge < -0.3 is 21.1 Å². The van der Waals surface area contributed by atoms with Crippen molar-refractivity contribution in [2.24, 2.45) is 10.7 Å². The normalized spacial score (nSPS) is 10.5. The zero-order valence-electron chi connectivity index (χ0n) is 16.0. The molecule has 0 aliphatic heterocycles. The minimum Gasteiger partial charge on any atom is -0.489 e. The van der Waals surface area contributed by atoms with E-state index in [0.717, 1.165) is 23.4 Å². The standard InChI is InChI=1S/C21H26N4O2.HI/c1-3-12-27-19-11-6-5-9-18(19)15-25-21(23-4-2)24-14-16-8-7-10-17(13-16)20(22)26;/h3,5-11,13H,1,4,12,14-15H2,2H3,(H2,22,26)(H2,23,24,25);1H. The van der Waals surface area contributed by atoms with Crippen LogP contribution in [0.4, 0.5) is 0 Å². The maximum atomic E-state index is 11.3. The van der Waals surface area contributed by atoms with Gasteiger partial charge in [-0.2, -0.15) is 0 Å². The lowest BCUT2D eigenvalue weighted by Crippen LogP contribution is -2.36. The molecule has 2 rings (SSSR count). The first-order chi connectivity index (χ1) is 13.1. The molecule has 0 atom stereocenters. The minimum absolute atomic E-state index is 0. The fourth-order valence-electron chi connectivity index (χ4n) is 2.45. The first kappa shape index (κ1) is 23.5. The minimum atomic E-state index is -0.443. The van der Waals surface area contributed by atoms with Crippen molar-refractivity contribution in [3.8, 4) is 5.75 Å². The molecule has 7 heteroatoms. The Morgan fingerprint density at radius 2 is 2.00 bits per heavy atom. The van der Waals surface area contributed by atoms with Crippen LogP contribution in [-0.4, -0.2) is 25.0 Å². The number of aliphatic imine (C=N–C) groups is 1. The predicted octanol–water partition coefficient (Wildman–Crippen LogP) is 3.22. The molecule has 2 aromatic rings. The number of rotatable bonds is 9. The molecule has 0 saturated carbocycles. The molecule has 4 N–H and O–H groups in total. The number of ether oxygens (including phenoxy) is 1. The molecule has 150 valence electrons. The van der Waals surface area contributed by atoms with Crippen LogP contribution < -0.4 is 21.1 Å². The van der Waals surface area contributed by atoms with Gasteiger partial charge in [-0.05, 0) is 30.7 Å². The van der Waals surface area contributed by atoms with Crippen molar-refractivity contribution in [2.75, 3.05) is 13.2 Å². The molecule has 28 heavy (non-hydrogen) atoms. The smallest absolute Gasteiger partial charge is 0.248 e. The summed E-state index contributed by atoms with van der Waals surface area (Å²) in [6, 6.07) is 15.0. The molecule has 0 unspecified atom stereocenters. The van der Waals surface area contributed by atoms with Gasteiger partial charge in [-0.3, -0.25) is 4.79 Å². The van der Waals surface area contributed by atoms with Crippen molar-refractivity contribution >= 4 is 35.8 Å². The lowest BCUT2D eigenvalue weighted by atomic mass is 10.1. The number of nitrogens with zero attached hydrogens (tertiary/aromatic N) is 1. The Bertz CT molecular complexity index is 808. The maximum absolute atomic E-state index is 11.3. The second kappa shape index (κ2) is 12.8. The molecule has 0 saturated heterocycles. The average molecular weight is 494 g/mol. The van der Waals surface area contributed by atoms with E-state index in [4.69, 9.17) is 10.5 Å². The van der Waals surface area contributed by atoms with Crippen LogP contribution in [0.2, 0.25) is 0 Å². The zero-order valence-corrected chi connectivity index (χ0v) is 18.3. The molecule has 2 aromatic carbocycles. The predicted molar refractivity (Wildman–Crippen MR) is 124 cm³/mol. The summed E-state index contributed by atoms with van der Waals surface area (Å²) in [6.07, 6.45) is 1.72. The van der Waals surface area contributed by atoms with E-state index in [-0.39, 0.29) is 24.0 Å². The van der Waals surface area contributed by atoms with Gasteiger partial charge in [0.05, 0.1) is 6.54 Å². The van der Waals surface area contributed by atoms with E-state index in [1.165, 1.54) is 0 Å². The number of hydrogen-bond donors (Lipinski definition) is 3. The lowest BCUT2D eigenvalue weighted by Gasteiger charge is -2.14. The third-order valence-corrected chi connectivity index (χ3v) is 3.75. The second-order valence-corrected chi connectivity index (χ2v) is 5.82. The fraction of sp³-hybridized carbons (Fsp3) is 0.238. The molecule has 0 aliphatic rings. The van der Waals surface area contributed by atoms with E-state index >= 15 is 0 Å². The molecule has 0 fully saturated rings. The summed E-state index contributed by atoms with van der Waals surface area (Å²) < 4.78 is 5.68. The summed E-state index contributed by atoms with van der Waals surface area (Å²) in [7, 11) is 0. The first-order valence-corrected chi connectivity index (χ1v) is 8.86. The molecule has 0 heterocycles. The summed E-state index contributed by atoms with van der Waals surface area (Å²) in [5, 5.41) is 6.52. The number of carbonyl (C=O) groups excluding carboxylic acids is 1. The van der Waals surface area contributed by atoms with Gasteiger partial charge in [0.15, 0.2) is 5.96 Å². The molecule has 0 bridgehead atoms. The van der Waals surface area contributed by atoms with Crippen LogP contribution in [0.3, 0.4) is 0 Å². The topological polar surface area (TPSA) is 88.7 Å². The second-order valence-electron chi connectivity index (χ2n) is 5.82. The third-order valence-electron chi connectivity index (χ3n) is 3.75. The van der Waals surface area contributed by atoms with E-state index in [9.17, 15) is 4.79 Å². The Morgan fingerprint density at radius 1 is 1.21 bits per heavy atom. The van der Waals surface area contributed by atoms with Gasteiger partial charge >= 0.3 is 0 Å². The van der Waals surface area contributed by atoms with Gasteiger partial charge in [-0.1, -0.05) is 43.0 Å². The van der Waals surface area contributed by atoms with Crippen LogP contribution in [0.15, 0.2) is 66.2 Å². The van der Waals surface area contributed by atoms with E-state index in [1.54, 1.807) is 24.3 Å². The molecule has 0 aliphatic carbocycles. The molecular formula is C21H27IN4O2. The summed E-state index contributed by atoms with van der Waals surface area (Å²) in [4.78, 5) is 15.9. The number of amides is 1. The average Bonchev–Trinajstić information content (AvgIpc) is 2.69. The molecule has 6 nitrogen and oxygen atoms in total. The van der Waals surface area contributed by atoms with Gasteiger partial charge in [0.2, 0.25) is 5.91 Å². The van der Waals surface area contributed by atoms with E-state index in [2.05, 4.69) is 22.2 Å². The van der Waals surface area contributed by atoms with Crippen LogP contribution in [-0.2, 0) is 13.1 Å². The van der Waals surface area contributed by atoms with E-state index < -0.39 is 5.91 Å². The maximum Gasteiger partial charge on any atom is 0.248 e. The molecule has 0 aromatic heterocycles. The highest BCUT2D eigenvalue weighted by molar-refractivity contribution is 14.0. The Kier molecular flexibility index (Phi) is 10.7. The van der Waals surface area contributed by atoms with Crippen LogP contribution in [0.1, 0.15) is 28.4 Å². The highest BCUT2D eigenvalue weighted by Crippen LogP contribution is 2.17. The summed E-state index contributed by atoms with van der Waals surface area (Å²) in [6.45, 7) is 7.88. The van der Waals surface area contributed by atoms with Crippen molar-refractivity contribution in [2.45, 2.75) is 20.0 Å². The zero-order chi connectivity index (χ0) is 19.5. The lowest BCUT2D eigenvalue weighted by molar-refractivity contribution is 0.1000. The number of benzene rings is 2. The quantitative estimate of drug-likeness (QED) is 0.216. The number of carbonyl (C=O) groups is 1. The molecule has 0 spiro atoms. The number of nitrogens with one attached hydrogen (secondary N) is 2. The summed E-state index contributed by atoms with van der Waals surface area (Å²) in [5.74, 6) is 1.05. The van der Waals surface area contributed by atoms with Crippen LogP contribution in [0.5, 0.6) is 5.75 Å². The van der Waals surface area contributed by atoms with Crippen molar-refractivity contribution in [3.05, 3.63) is 77.9 Å². The van der Waals surface area contributed by atoms with Gasteiger partial charge in [0.1, 0.15) is 12.4 Å². The first-order valence-electron chi connectivity index (χ1n) is 8.86. The number of nitrogens with two attached hydrogens (primary N) is 1. The molecular weight excluding hydrogens is 467 g/mol. The number of primary amides is 1. The monoisotopic (exact) mass is 494 g/mol. The highest BCUT2D eigenvalue weighted by atomic mass is 127. The Balaban J connectivity index is 0.00000392. The van der Waals surface area contributed by atoms with E-state index in [1.807, 2.05) is 37.3 Å². The van der Waals surface area contributed by atoms with Crippen molar-refractivity contribution < 1.29 is 9.53 Å². The summed E-state index contributed by atoms with van der Waals surface area (Å²) in [5.41, 5.74) is 7.75. The van der Waals surface area contributed by atoms with Crippen molar-refractivity contribution in [3.63, 3.8) is 0 Å². The van der Waals surface area contributed by atoms with Gasteiger partial charge in [-0.15, -0.1) is 24.0 Å². The van der Waals surface area contributed by atoms with Crippen LogP contribution in [0.25, 0.3) is 0 Å². The number of hydrogen-bond acceptors (Lipinski definition) is 3. The fourth-order valence-corrected chi connectivity index (χ4v) is 2.45. The van der Waals surface area contributed by atoms with Crippen molar-refractivity contribution in [1.82, 2.24) is 10.6 Å². The summed E-state index contributed by atoms with van der Waals surface area (Å²) >= 11 is 0. The Hall–Kier alpha value is -2.55. The van der Waals surface area contributed by atoms with Gasteiger partial charge in [0, 0.05) is 24.2 Å². The van der Waals surface area contributed by atoms with Crippen LogP contribution >= 0.6 is 24.0 Å².